The van der Waals surface area contributed by atoms with Crippen molar-refractivity contribution >= 4 is 32.1 Å². The number of aromatic nitrogens is 2. The molecule has 0 bridgehead atoms. The Kier molecular flexibility index (Phi) is 13.7. The van der Waals surface area contributed by atoms with Gasteiger partial charge in [0.1, 0.15) is 18.0 Å². The van der Waals surface area contributed by atoms with Crippen molar-refractivity contribution < 1.29 is 33.6 Å². The number of aliphatic hydroxyl groups excluding tert-OH is 1. The van der Waals surface area contributed by atoms with E-state index in [1.807, 2.05) is 37.3 Å². The van der Waals surface area contributed by atoms with Crippen LogP contribution in [0.2, 0.25) is 25.7 Å². The fourth-order valence-electron chi connectivity index (χ4n) is 5.14. The van der Waals surface area contributed by atoms with E-state index in [0.717, 1.165) is 29.1 Å². The van der Waals surface area contributed by atoms with Crippen molar-refractivity contribution in [3.05, 3.63) is 65.4 Å². The molecule has 2 heterocycles. The summed E-state index contributed by atoms with van der Waals surface area (Å²) < 4.78 is 26.1. The summed E-state index contributed by atoms with van der Waals surface area (Å²) in [5, 5.41) is 23.2. The third kappa shape index (κ3) is 12.7. The molecule has 51 heavy (non-hydrogen) atoms. The quantitative estimate of drug-likeness (QED) is 0.0783. The Morgan fingerprint density at radius 3 is 2.57 bits per heavy atom. The van der Waals surface area contributed by atoms with Crippen molar-refractivity contribution in [1.82, 2.24) is 24.9 Å². The Morgan fingerprint density at radius 1 is 1.14 bits per heavy atom. The molecule has 1 aromatic heterocycles. The standard InChI is InChI=1S/C36H48N6O7SSi/c1-24-15-26(18-37)16-30(48-23-46-13-14-51(5,6)7)31(24)29-19-38-32(47-22-25-11-9-8-10-12-25)33(40-29)50-41-34(44)39-27-17-28(43)21-42(20-27)35(45)49-36(2,3)4/h8-12,15-16,19,27-28,43H,13-14,17,20-23H2,1-7H3,(H2,39,41,44)/t27-,28+/m1/s1. The molecule has 3 amide bonds. The van der Waals surface area contributed by atoms with E-state index in [2.05, 4.69) is 40.7 Å². The zero-order valence-electron chi connectivity index (χ0n) is 30.3. The number of rotatable bonds is 13. The number of aliphatic hydroxyl groups is 1. The molecule has 1 aliphatic rings. The van der Waals surface area contributed by atoms with Gasteiger partial charge in [-0.15, -0.1) is 0 Å². The summed E-state index contributed by atoms with van der Waals surface area (Å²) in [5.41, 5.74) is 2.45. The van der Waals surface area contributed by atoms with Gasteiger partial charge in [-0.2, -0.15) is 5.26 Å². The Bertz CT molecular complexity index is 1690. The van der Waals surface area contributed by atoms with Crippen LogP contribution in [0.15, 0.2) is 53.7 Å². The highest BCUT2D eigenvalue weighted by Gasteiger charge is 2.32. The minimum Gasteiger partial charge on any atom is -0.471 e. The molecule has 274 valence electrons. The number of urea groups is 1. The lowest BCUT2D eigenvalue weighted by Gasteiger charge is -2.36. The van der Waals surface area contributed by atoms with E-state index >= 15 is 0 Å². The Hall–Kier alpha value is -4.36. The lowest BCUT2D eigenvalue weighted by molar-refractivity contribution is -0.00144. The number of carbonyl (C=O) groups is 2. The number of hydrogen-bond donors (Lipinski definition) is 3. The highest BCUT2D eigenvalue weighted by atomic mass is 32.2. The second-order valence-electron chi connectivity index (χ2n) is 14.5. The molecule has 0 unspecified atom stereocenters. The number of carbonyl (C=O) groups excluding carboxylic acids is 2. The SMILES string of the molecule is Cc1cc(C#N)cc(OCOCC[Si](C)(C)C)c1-c1cnc(OCc2ccccc2)c(SNC(=O)N[C@@H]2C[C@H](O)CN(C(=O)OC(C)(C)C)C2)n1. The maximum Gasteiger partial charge on any atom is 0.410 e. The van der Waals surface area contributed by atoms with Crippen LogP contribution < -0.4 is 19.5 Å². The number of nitrogens with zero attached hydrogens (tertiary/aromatic N) is 4. The van der Waals surface area contributed by atoms with Crippen molar-refractivity contribution in [1.29, 1.82) is 5.26 Å². The largest absolute Gasteiger partial charge is 0.471 e. The van der Waals surface area contributed by atoms with E-state index < -0.39 is 37.9 Å². The predicted molar refractivity (Wildman–Crippen MR) is 197 cm³/mol. The molecule has 0 aliphatic carbocycles. The minimum atomic E-state index is -1.28. The molecule has 1 aliphatic heterocycles. The lowest BCUT2D eigenvalue weighted by Crippen LogP contribution is -2.56. The maximum atomic E-state index is 13.1. The number of nitrogens with one attached hydrogen (secondary N) is 2. The number of likely N-dealkylation sites (tertiary alicyclic amines) is 1. The number of nitriles is 1. The van der Waals surface area contributed by atoms with E-state index in [1.54, 1.807) is 39.1 Å². The first kappa shape index (κ1) is 39.4. The third-order valence-electron chi connectivity index (χ3n) is 7.56. The van der Waals surface area contributed by atoms with Gasteiger partial charge in [-0.25, -0.2) is 19.6 Å². The van der Waals surface area contributed by atoms with E-state index in [9.17, 15) is 20.0 Å². The van der Waals surface area contributed by atoms with Gasteiger partial charge in [0.05, 0.1) is 42.2 Å². The minimum absolute atomic E-state index is 0.00204. The summed E-state index contributed by atoms with van der Waals surface area (Å²) in [6.07, 6.45) is 0.435. The molecule has 13 nitrogen and oxygen atoms in total. The Labute approximate surface area is 305 Å². The molecule has 0 radical (unpaired) electrons. The van der Waals surface area contributed by atoms with Crippen molar-refractivity contribution in [2.75, 3.05) is 26.5 Å². The van der Waals surface area contributed by atoms with Gasteiger partial charge in [-0.05, 0) is 63.4 Å². The van der Waals surface area contributed by atoms with Gasteiger partial charge in [-0.1, -0.05) is 50.0 Å². The highest BCUT2D eigenvalue weighted by Crippen LogP contribution is 2.36. The molecular formula is C36H48N6O7SSi. The zero-order valence-corrected chi connectivity index (χ0v) is 32.1. The van der Waals surface area contributed by atoms with Crippen LogP contribution in [-0.2, 0) is 16.1 Å². The van der Waals surface area contributed by atoms with E-state index in [4.69, 9.17) is 23.9 Å². The molecule has 1 saturated heterocycles. The van der Waals surface area contributed by atoms with Crippen molar-refractivity contribution in [3.63, 3.8) is 0 Å². The second kappa shape index (κ2) is 17.7. The molecule has 4 rings (SSSR count). The normalized spacial score (nSPS) is 16.2. The zero-order chi connectivity index (χ0) is 37.2. The summed E-state index contributed by atoms with van der Waals surface area (Å²) in [6, 6.07) is 15.0. The molecule has 0 saturated carbocycles. The van der Waals surface area contributed by atoms with Crippen molar-refractivity contribution in [3.8, 4) is 29.0 Å². The Morgan fingerprint density at radius 2 is 1.88 bits per heavy atom. The van der Waals surface area contributed by atoms with Gasteiger partial charge in [0.25, 0.3) is 0 Å². The number of amides is 3. The molecule has 1 fully saturated rings. The van der Waals surface area contributed by atoms with Crippen LogP contribution in [-0.4, -0.2) is 84.4 Å². The summed E-state index contributed by atoms with van der Waals surface area (Å²) in [6.45, 7) is 15.0. The molecule has 3 N–H and O–H groups in total. The van der Waals surface area contributed by atoms with Crippen LogP contribution in [0.1, 0.15) is 43.9 Å². The van der Waals surface area contributed by atoms with Crippen LogP contribution >= 0.6 is 11.9 Å². The van der Waals surface area contributed by atoms with Crippen LogP contribution in [0.25, 0.3) is 11.3 Å². The second-order valence-corrected chi connectivity index (χ2v) is 21.0. The summed E-state index contributed by atoms with van der Waals surface area (Å²) >= 11 is 0.907. The van der Waals surface area contributed by atoms with Crippen LogP contribution in [0.3, 0.4) is 0 Å². The summed E-state index contributed by atoms with van der Waals surface area (Å²) in [7, 11) is -1.28. The topological polar surface area (TPSA) is 168 Å². The average Bonchev–Trinajstić information content (AvgIpc) is 3.05. The monoisotopic (exact) mass is 736 g/mol. The van der Waals surface area contributed by atoms with Gasteiger partial charge in [0, 0.05) is 38.7 Å². The van der Waals surface area contributed by atoms with Gasteiger partial charge >= 0.3 is 12.1 Å². The smallest absolute Gasteiger partial charge is 0.410 e. The fourth-order valence-corrected chi connectivity index (χ4v) is 6.49. The summed E-state index contributed by atoms with van der Waals surface area (Å²) in [5.74, 6) is 0.611. The van der Waals surface area contributed by atoms with Crippen molar-refractivity contribution in [2.24, 2.45) is 0 Å². The van der Waals surface area contributed by atoms with Crippen LogP contribution in [0.5, 0.6) is 11.6 Å². The van der Waals surface area contributed by atoms with E-state index in [0.29, 0.717) is 29.2 Å². The van der Waals surface area contributed by atoms with E-state index in [-0.39, 0.29) is 43.8 Å². The molecule has 0 spiro atoms. The number of benzene rings is 2. The first-order valence-electron chi connectivity index (χ1n) is 16.8. The van der Waals surface area contributed by atoms with Crippen LogP contribution in [0, 0.1) is 18.3 Å². The Balaban J connectivity index is 1.54. The lowest BCUT2D eigenvalue weighted by atomic mass is 10.0. The maximum absolute atomic E-state index is 13.1. The molecular weight excluding hydrogens is 689 g/mol. The first-order valence-corrected chi connectivity index (χ1v) is 21.3. The third-order valence-corrected chi connectivity index (χ3v) is 10.0. The molecule has 3 aromatic rings. The molecule has 2 aromatic carbocycles. The van der Waals surface area contributed by atoms with Gasteiger partial charge in [-0.3, -0.25) is 4.72 Å². The number of β-amino-alcohol motifs (C(OH)–C–C–N with tert-alkyl or cyclic N) is 1. The van der Waals surface area contributed by atoms with Gasteiger partial charge in [0.15, 0.2) is 11.8 Å². The predicted octanol–water partition coefficient (Wildman–Crippen LogP) is 6.27. The van der Waals surface area contributed by atoms with Gasteiger partial charge < -0.3 is 34.3 Å². The van der Waals surface area contributed by atoms with E-state index in [1.165, 1.54) is 4.90 Å². The summed E-state index contributed by atoms with van der Waals surface area (Å²) in [4.78, 5) is 36.6. The van der Waals surface area contributed by atoms with Crippen LogP contribution in [0.4, 0.5) is 9.59 Å². The average molecular weight is 737 g/mol. The first-order chi connectivity index (χ1) is 24.1. The molecule has 2 atom stereocenters. The molecule has 15 heteroatoms. The van der Waals surface area contributed by atoms with Crippen molar-refractivity contribution in [2.45, 2.75) is 89.2 Å². The highest BCUT2D eigenvalue weighted by molar-refractivity contribution is 7.98. The number of piperidine rings is 1. The number of aryl methyl sites for hydroxylation is 1. The van der Waals surface area contributed by atoms with Gasteiger partial charge in [0.2, 0.25) is 5.88 Å². The number of hydrogen-bond acceptors (Lipinski definition) is 11. The fraction of sp³-hybridized carbons (Fsp3) is 0.472. The number of ether oxygens (including phenoxy) is 4.